The maximum atomic E-state index is 12.9. The minimum absolute atomic E-state index is 0.0627. The van der Waals surface area contributed by atoms with Gasteiger partial charge in [0.15, 0.2) is 9.84 Å². The van der Waals surface area contributed by atoms with E-state index in [1.807, 2.05) is 0 Å². The number of carbonyl (C=O) groups is 1. The van der Waals surface area contributed by atoms with Gasteiger partial charge < -0.3 is 5.32 Å². The molecule has 7 nitrogen and oxygen atoms in total. The normalized spacial score (nSPS) is 12.5. The van der Waals surface area contributed by atoms with Crippen LogP contribution in [-0.4, -0.2) is 28.7 Å². The molecule has 0 spiro atoms. The number of aryl methyl sites for hydroxylation is 2. The molecule has 0 aliphatic heterocycles. The molecule has 3 rings (SSSR count). The van der Waals surface area contributed by atoms with Crippen molar-refractivity contribution in [3.05, 3.63) is 58.0 Å². The first kappa shape index (κ1) is 22.6. The number of benzene rings is 2. The van der Waals surface area contributed by atoms with Crippen molar-refractivity contribution in [2.24, 2.45) is 14.1 Å². The van der Waals surface area contributed by atoms with E-state index in [2.05, 4.69) is 5.32 Å². The first-order chi connectivity index (χ1) is 14.2. The Balaban J connectivity index is 2.13. The number of fused-ring (bicyclic) bond motifs is 1. The Kier molecular flexibility index (Phi) is 5.51. The summed E-state index contributed by atoms with van der Waals surface area (Å²) in [5.74, 6) is -0.783. The highest BCUT2D eigenvalue weighted by Gasteiger charge is 2.30. The lowest BCUT2D eigenvalue weighted by atomic mass is 10.1. The number of aromatic nitrogens is 2. The number of nitrogens with zero attached hydrogens (tertiary/aromatic N) is 2. The lowest BCUT2D eigenvalue weighted by molar-refractivity contribution is -0.137. The minimum atomic E-state index is -4.54. The molecule has 166 valence electrons. The SMILES string of the molecule is CC(C)S(=O)(=O)c1cc2c(cc1NC(=O)c1ccc(C(F)(F)F)cc1)n(C)c(=O)n2C. The van der Waals surface area contributed by atoms with E-state index in [1.54, 1.807) is 0 Å². The van der Waals surface area contributed by atoms with Gasteiger partial charge in [-0.2, -0.15) is 13.2 Å². The Morgan fingerprint density at radius 2 is 1.52 bits per heavy atom. The lowest BCUT2D eigenvalue weighted by Gasteiger charge is -2.15. The minimum Gasteiger partial charge on any atom is -0.321 e. The van der Waals surface area contributed by atoms with Crippen LogP contribution < -0.4 is 11.0 Å². The number of amides is 1. The number of hydrogen-bond acceptors (Lipinski definition) is 4. The second kappa shape index (κ2) is 7.56. The molecule has 31 heavy (non-hydrogen) atoms. The third kappa shape index (κ3) is 3.97. The predicted molar refractivity (Wildman–Crippen MR) is 110 cm³/mol. The van der Waals surface area contributed by atoms with Gasteiger partial charge in [0.05, 0.1) is 32.4 Å². The third-order valence-corrected chi connectivity index (χ3v) is 7.22. The summed E-state index contributed by atoms with van der Waals surface area (Å²) in [7, 11) is -0.862. The first-order valence-electron chi connectivity index (χ1n) is 9.17. The zero-order chi connectivity index (χ0) is 23.3. The molecule has 0 saturated carbocycles. The summed E-state index contributed by atoms with van der Waals surface area (Å²) < 4.78 is 66.6. The van der Waals surface area contributed by atoms with Crippen LogP contribution in [0.1, 0.15) is 29.8 Å². The summed E-state index contributed by atoms with van der Waals surface area (Å²) in [5.41, 5.74) is -0.686. The van der Waals surface area contributed by atoms with E-state index in [-0.39, 0.29) is 21.8 Å². The highest BCUT2D eigenvalue weighted by molar-refractivity contribution is 7.92. The van der Waals surface area contributed by atoms with Crippen molar-refractivity contribution < 1.29 is 26.4 Å². The Bertz CT molecular complexity index is 1340. The largest absolute Gasteiger partial charge is 0.416 e. The summed E-state index contributed by atoms with van der Waals surface area (Å²) >= 11 is 0. The maximum absolute atomic E-state index is 12.9. The zero-order valence-corrected chi connectivity index (χ0v) is 17.9. The van der Waals surface area contributed by atoms with E-state index in [4.69, 9.17) is 0 Å². The van der Waals surface area contributed by atoms with Crippen LogP contribution in [0.15, 0.2) is 46.1 Å². The van der Waals surface area contributed by atoms with Crippen LogP contribution in [0, 0.1) is 0 Å². The number of sulfone groups is 1. The molecule has 1 heterocycles. The average Bonchev–Trinajstić information content (AvgIpc) is 2.90. The van der Waals surface area contributed by atoms with Crippen LogP contribution >= 0.6 is 0 Å². The molecule has 3 aromatic rings. The van der Waals surface area contributed by atoms with Crippen molar-refractivity contribution >= 4 is 32.5 Å². The number of nitrogens with one attached hydrogen (secondary N) is 1. The second-order valence-corrected chi connectivity index (χ2v) is 9.83. The van der Waals surface area contributed by atoms with Gasteiger partial charge >= 0.3 is 11.9 Å². The van der Waals surface area contributed by atoms with E-state index >= 15 is 0 Å². The van der Waals surface area contributed by atoms with E-state index in [9.17, 15) is 31.2 Å². The number of hydrogen-bond donors (Lipinski definition) is 1. The quantitative estimate of drug-likeness (QED) is 0.654. The van der Waals surface area contributed by atoms with Gasteiger partial charge in [-0.25, -0.2) is 13.2 Å². The van der Waals surface area contributed by atoms with Crippen LogP contribution in [0.3, 0.4) is 0 Å². The summed E-state index contributed by atoms with van der Waals surface area (Å²) in [6.07, 6.45) is -4.54. The highest BCUT2D eigenvalue weighted by Crippen LogP contribution is 2.31. The molecule has 1 N–H and O–H groups in total. The Hall–Kier alpha value is -3.08. The van der Waals surface area contributed by atoms with Gasteiger partial charge in [0.2, 0.25) is 0 Å². The monoisotopic (exact) mass is 455 g/mol. The molecule has 1 aromatic heterocycles. The fourth-order valence-corrected chi connectivity index (χ4v) is 4.32. The van der Waals surface area contributed by atoms with Gasteiger partial charge in [-0.3, -0.25) is 13.9 Å². The average molecular weight is 455 g/mol. The van der Waals surface area contributed by atoms with E-state index in [1.165, 1.54) is 49.2 Å². The number of alkyl halides is 3. The molecule has 2 aromatic carbocycles. The van der Waals surface area contributed by atoms with Crippen molar-refractivity contribution in [1.82, 2.24) is 9.13 Å². The Labute approximate surface area is 176 Å². The van der Waals surface area contributed by atoms with Crippen molar-refractivity contribution in [2.75, 3.05) is 5.32 Å². The van der Waals surface area contributed by atoms with Crippen molar-refractivity contribution in [1.29, 1.82) is 0 Å². The molecule has 0 aliphatic carbocycles. The van der Waals surface area contributed by atoms with Crippen molar-refractivity contribution in [3.63, 3.8) is 0 Å². The number of carbonyl (C=O) groups excluding carboxylic acids is 1. The first-order valence-corrected chi connectivity index (χ1v) is 10.7. The van der Waals surface area contributed by atoms with Crippen molar-refractivity contribution in [2.45, 2.75) is 30.2 Å². The summed E-state index contributed by atoms with van der Waals surface area (Å²) in [6, 6.07) is 6.23. The molecule has 0 aliphatic rings. The van der Waals surface area contributed by atoms with Crippen LogP contribution in [0.5, 0.6) is 0 Å². The molecule has 0 atom stereocenters. The van der Waals surface area contributed by atoms with E-state index in [0.29, 0.717) is 11.0 Å². The van der Waals surface area contributed by atoms with Crippen LogP contribution in [0.25, 0.3) is 11.0 Å². The van der Waals surface area contributed by atoms with Gasteiger partial charge in [0.25, 0.3) is 5.91 Å². The van der Waals surface area contributed by atoms with E-state index < -0.39 is 32.7 Å². The van der Waals surface area contributed by atoms with Gasteiger partial charge in [0, 0.05) is 19.7 Å². The van der Waals surface area contributed by atoms with Gasteiger partial charge in [-0.15, -0.1) is 0 Å². The number of anilines is 1. The van der Waals surface area contributed by atoms with Gasteiger partial charge in [0.1, 0.15) is 0 Å². The Morgan fingerprint density at radius 3 is 2.00 bits per heavy atom. The second-order valence-electron chi connectivity index (χ2n) is 7.36. The molecule has 0 radical (unpaired) electrons. The summed E-state index contributed by atoms with van der Waals surface area (Å²) in [4.78, 5) is 24.7. The standard InChI is InChI=1S/C20H20F3N3O4S/c1-11(2)31(29,30)17-10-16-15(25(3)19(28)26(16)4)9-14(17)24-18(27)12-5-7-13(8-6-12)20(21,22)23/h5-11H,1-4H3,(H,24,27). The lowest BCUT2D eigenvalue weighted by Crippen LogP contribution is -2.19. The van der Waals surface area contributed by atoms with Crippen LogP contribution in [0.4, 0.5) is 18.9 Å². The number of imidazole rings is 1. The van der Waals surface area contributed by atoms with Crippen LogP contribution in [0.2, 0.25) is 0 Å². The van der Waals surface area contributed by atoms with Gasteiger partial charge in [-0.1, -0.05) is 0 Å². The topological polar surface area (TPSA) is 90.2 Å². The molecule has 0 unspecified atom stereocenters. The molecular weight excluding hydrogens is 435 g/mol. The smallest absolute Gasteiger partial charge is 0.321 e. The van der Waals surface area contributed by atoms with Crippen LogP contribution in [-0.2, 0) is 30.1 Å². The highest BCUT2D eigenvalue weighted by atomic mass is 32.2. The molecule has 0 fully saturated rings. The maximum Gasteiger partial charge on any atom is 0.416 e. The molecule has 1 amide bonds. The number of halogens is 3. The molecular formula is C20H20F3N3O4S. The van der Waals surface area contributed by atoms with Gasteiger partial charge in [-0.05, 0) is 50.2 Å². The number of rotatable bonds is 4. The molecule has 0 bridgehead atoms. The zero-order valence-electron chi connectivity index (χ0n) is 17.1. The molecule has 11 heteroatoms. The Morgan fingerprint density at radius 1 is 1.00 bits per heavy atom. The van der Waals surface area contributed by atoms with Crippen molar-refractivity contribution in [3.8, 4) is 0 Å². The third-order valence-electron chi connectivity index (χ3n) is 5.02. The fourth-order valence-electron chi connectivity index (χ4n) is 3.12. The van der Waals surface area contributed by atoms with E-state index in [0.717, 1.165) is 24.3 Å². The summed E-state index contributed by atoms with van der Waals surface area (Å²) in [6.45, 7) is 2.95. The molecule has 0 saturated heterocycles. The fraction of sp³-hybridized carbons (Fsp3) is 0.300. The summed E-state index contributed by atoms with van der Waals surface area (Å²) in [5, 5.41) is 1.66. The predicted octanol–water partition coefficient (Wildman–Crippen LogP) is 3.33.